The van der Waals surface area contributed by atoms with E-state index < -0.39 is 6.04 Å². The summed E-state index contributed by atoms with van der Waals surface area (Å²) in [5.41, 5.74) is 0.490. The van der Waals surface area contributed by atoms with Gasteiger partial charge in [0.1, 0.15) is 17.9 Å². The van der Waals surface area contributed by atoms with Crippen molar-refractivity contribution in [2.24, 2.45) is 0 Å². The SMILES string of the molecule is CC(C)OC(=O)C(C)N(C)c1ccc(C#N)cn1. The van der Waals surface area contributed by atoms with Gasteiger partial charge in [0.05, 0.1) is 11.7 Å². The van der Waals surface area contributed by atoms with Crippen LogP contribution in [0.3, 0.4) is 0 Å². The number of nitrogens with zero attached hydrogens (tertiary/aromatic N) is 3. The smallest absolute Gasteiger partial charge is 0.328 e. The molecule has 1 unspecified atom stereocenters. The standard InChI is InChI=1S/C13H17N3O2/c1-9(2)18-13(17)10(3)16(4)12-6-5-11(7-14)8-15-12/h5-6,8-10H,1-4H3. The molecule has 0 radical (unpaired) electrons. The first-order valence-electron chi connectivity index (χ1n) is 5.75. The fraction of sp³-hybridized carbons (Fsp3) is 0.462. The van der Waals surface area contributed by atoms with Crippen LogP contribution in [0.25, 0.3) is 0 Å². The van der Waals surface area contributed by atoms with Gasteiger partial charge in [0, 0.05) is 13.2 Å². The van der Waals surface area contributed by atoms with Crippen molar-refractivity contribution in [3.8, 4) is 6.07 Å². The molecule has 5 nitrogen and oxygen atoms in total. The molecule has 0 fully saturated rings. The second-order valence-electron chi connectivity index (χ2n) is 4.29. The maximum Gasteiger partial charge on any atom is 0.328 e. The second kappa shape index (κ2) is 6.01. The van der Waals surface area contributed by atoms with Gasteiger partial charge in [-0.3, -0.25) is 0 Å². The molecule has 1 aromatic rings. The van der Waals surface area contributed by atoms with Crippen molar-refractivity contribution in [1.82, 2.24) is 4.98 Å². The van der Waals surface area contributed by atoms with Crippen LogP contribution in [0, 0.1) is 11.3 Å². The maximum absolute atomic E-state index is 11.7. The van der Waals surface area contributed by atoms with Crippen LogP contribution < -0.4 is 4.90 Å². The van der Waals surface area contributed by atoms with Crippen molar-refractivity contribution in [3.63, 3.8) is 0 Å². The number of ether oxygens (including phenoxy) is 1. The van der Waals surface area contributed by atoms with Gasteiger partial charge in [0.25, 0.3) is 0 Å². The Morgan fingerprint density at radius 2 is 2.11 bits per heavy atom. The van der Waals surface area contributed by atoms with Crippen LogP contribution in [-0.4, -0.2) is 30.1 Å². The van der Waals surface area contributed by atoms with Crippen molar-refractivity contribution in [1.29, 1.82) is 5.26 Å². The second-order valence-corrected chi connectivity index (χ2v) is 4.29. The van der Waals surface area contributed by atoms with Gasteiger partial charge in [0.15, 0.2) is 0 Å². The Bertz CT molecular complexity index is 448. The third-order valence-corrected chi connectivity index (χ3v) is 2.51. The van der Waals surface area contributed by atoms with Gasteiger partial charge in [-0.25, -0.2) is 9.78 Å². The lowest BCUT2D eigenvalue weighted by molar-refractivity contribution is -0.148. The molecule has 0 saturated heterocycles. The first-order chi connectivity index (χ1) is 8.45. The predicted octanol–water partition coefficient (Wildman–Crippen LogP) is 1.73. The summed E-state index contributed by atoms with van der Waals surface area (Å²) < 4.78 is 5.14. The number of nitriles is 1. The molecule has 5 heteroatoms. The molecule has 96 valence electrons. The highest BCUT2D eigenvalue weighted by Gasteiger charge is 2.21. The fourth-order valence-electron chi connectivity index (χ4n) is 1.35. The van der Waals surface area contributed by atoms with Gasteiger partial charge < -0.3 is 9.64 Å². The van der Waals surface area contributed by atoms with Crippen molar-refractivity contribution in [3.05, 3.63) is 23.9 Å². The molecule has 0 amide bonds. The van der Waals surface area contributed by atoms with E-state index >= 15 is 0 Å². The highest BCUT2D eigenvalue weighted by molar-refractivity contribution is 5.79. The van der Waals surface area contributed by atoms with Gasteiger partial charge in [-0.1, -0.05) is 0 Å². The van der Waals surface area contributed by atoms with E-state index in [1.54, 1.807) is 31.0 Å². The molecule has 0 aliphatic heterocycles. The first-order valence-corrected chi connectivity index (χ1v) is 5.75. The summed E-state index contributed by atoms with van der Waals surface area (Å²) in [6, 6.07) is 4.95. The minimum Gasteiger partial charge on any atom is -0.461 e. The van der Waals surface area contributed by atoms with E-state index in [0.29, 0.717) is 11.4 Å². The monoisotopic (exact) mass is 247 g/mol. The lowest BCUT2D eigenvalue weighted by Crippen LogP contribution is -2.38. The molecule has 0 aliphatic carbocycles. The number of pyridine rings is 1. The number of carbonyl (C=O) groups excluding carboxylic acids is 1. The van der Waals surface area contributed by atoms with E-state index in [4.69, 9.17) is 10.00 Å². The zero-order valence-electron chi connectivity index (χ0n) is 11.0. The Hall–Kier alpha value is -2.09. The molecular formula is C13H17N3O2. The van der Waals surface area contributed by atoms with Crippen molar-refractivity contribution >= 4 is 11.8 Å². The molecule has 1 aromatic heterocycles. The van der Waals surface area contributed by atoms with E-state index in [9.17, 15) is 4.79 Å². The molecule has 18 heavy (non-hydrogen) atoms. The third-order valence-electron chi connectivity index (χ3n) is 2.51. The van der Waals surface area contributed by atoms with E-state index in [1.165, 1.54) is 6.20 Å². The van der Waals surface area contributed by atoms with Crippen LogP contribution in [-0.2, 0) is 9.53 Å². The van der Waals surface area contributed by atoms with Crippen molar-refractivity contribution in [2.75, 3.05) is 11.9 Å². The number of hydrogen-bond acceptors (Lipinski definition) is 5. The number of hydrogen-bond donors (Lipinski definition) is 0. The maximum atomic E-state index is 11.7. The fourth-order valence-corrected chi connectivity index (χ4v) is 1.35. The first kappa shape index (κ1) is 14.0. The number of likely N-dealkylation sites (N-methyl/N-ethyl adjacent to an activating group) is 1. The molecular weight excluding hydrogens is 230 g/mol. The number of esters is 1. The summed E-state index contributed by atoms with van der Waals surface area (Å²) in [6.45, 7) is 5.37. The minimum atomic E-state index is -0.423. The van der Waals surface area contributed by atoms with Crippen LogP contribution >= 0.6 is 0 Å². The largest absolute Gasteiger partial charge is 0.461 e. The average Bonchev–Trinajstić information content (AvgIpc) is 2.36. The summed E-state index contributed by atoms with van der Waals surface area (Å²) in [7, 11) is 1.76. The number of rotatable bonds is 4. The van der Waals surface area contributed by atoms with Crippen LogP contribution in [0.15, 0.2) is 18.3 Å². The normalized spacial score (nSPS) is 11.8. The average molecular weight is 247 g/mol. The summed E-state index contributed by atoms with van der Waals surface area (Å²) in [4.78, 5) is 17.6. The Balaban J connectivity index is 2.76. The zero-order chi connectivity index (χ0) is 13.7. The summed E-state index contributed by atoms with van der Waals surface area (Å²) >= 11 is 0. The Labute approximate surface area is 107 Å². The van der Waals surface area contributed by atoms with E-state index in [1.807, 2.05) is 19.9 Å². The lowest BCUT2D eigenvalue weighted by Gasteiger charge is -2.25. The highest BCUT2D eigenvalue weighted by Crippen LogP contribution is 2.13. The number of carbonyl (C=O) groups is 1. The molecule has 0 N–H and O–H groups in total. The van der Waals surface area contributed by atoms with E-state index in [0.717, 1.165) is 0 Å². The van der Waals surface area contributed by atoms with Crippen LogP contribution in [0.2, 0.25) is 0 Å². The van der Waals surface area contributed by atoms with Crippen LogP contribution in [0.4, 0.5) is 5.82 Å². The summed E-state index contributed by atoms with van der Waals surface area (Å²) in [5, 5.41) is 8.69. The molecule has 0 aliphatic rings. The topological polar surface area (TPSA) is 66.2 Å². The van der Waals surface area contributed by atoms with E-state index in [2.05, 4.69) is 4.98 Å². The van der Waals surface area contributed by atoms with Crippen molar-refractivity contribution in [2.45, 2.75) is 32.9 Å². The van der Waals surface area contributed by atoms with Crippen LogP contribution in [0.1, 0.15) is 26.3 Å². The number of anilines is 1. The van der Waals surface area contributed by atoms with Gasteiger partial charge in [-0.15, -0.1) is 0 Å². The van der Waals surface area contributed by atoms with Gasteiger partial charge in [0.2, 0.25) is 0 Å². The van der Waals surface area contributed by atoms with Crippen LogP contribution in [0.5, 0.6) is 0 Å². The Morgan fingerprint density at radius 1 is 1.44 bits per heavy atom. The Morgan fingerprint density at radius 3 is 2.56 bits per heavy atom. The zero-order valence-corrected chi connectivity index (χ0v) is 11.0. The lowest BCUT2D eigenvalue weighted by atomic mass is 10.2. The summed E-state index contributed by atoms with van der Waals surface area (Å²) in [5.74, 6) is 0.334. The summed E-state index contributed by atoms with van der Waals surface area (Å²) in [6.07, 6.45) is 1.34. The predicted molar refractivity (Wildman–Crippen MR) is 68.0 cm³/mol. The minimum absolute atomic E-state index is 0.137. The van der Waals surface area contributed by atoms with Gasteiger partial charge in [-0.05, 0) is 32.9 Å². The molecule has 0 spiro atoms. The van der Waals surface area contributed by atoms with E-state index in [-0.39, 0.29) is 12.1 Å². The Kier molecular flexibility index (Phi) is 4.67. The molecule has 0 bridgehead atoms. The van der Waals surface area contributed by atoms with Crippen molar-refractivity contribution < 1.29 is 9.53 Å². The third kappa shape index (κ3) is 3.45. The van der Waals surface area contributed by atoms with Gasteiger partial charge >= 0.3 is 5.97 Å². The molecule has 0 aromatic carbocycles. The molecule has 1 heterocycles. The quantitative estimate of drug-likeness (QED) is 0.758. The molecule has 1 atom stereocenters. The molecule has 1 rings (SSSR count). The highest BCUT2D eigenvalue weighted by atomic mass is 16.5. The number of aromatic nitrogens is 1. The molecule has 0 saturated carbocycles. The van der Waals surface area contributed by atoms with Gasteiger partial charge in [-0.2, -0.15) is 5.26 Å².